The molecule has 0 bridgehead atoms. The van der Waals surface area contributed by atoms with E-state index in [1.807, 2.05) is 6.08 Å². The first kappa shape index (κ1) is 15.1. The molecule has 0 saturated carbocycles. The molecule has 0 atom stereocenters. The first-order valence-corrected chi connectivity index (χ1v) is 6.92. The van der Waals surface area contributed by atoms with Crippen LogP contribution < -0.4 is 5.43 Å². The van der Waals surface area contributed by atoms with E-state index in [-0.39, 0.29) is 24.3 Å². The molecular formula is C15H15F3N2O2. The molecule has 118 valence electrons. The molecule has 0 saturated heterocycles. The van der Waals surface area contributed by atoms with Crippen molar-refractivity contribution in [3.63, 3.8) is 0 Å². The number of benzene rings is 1. The zero-order valence-electron chi connectivity index (χ0n) is 12.0. The Kier molecular flexibility index (Phi) is 3.70. The molecule has 3 rings (SSSR count). The summed E-state index contributed by atoms with van der Waals surface area (Å²) in [5, 5.41) is 1.18. The molecule has 0 unspecified atom stereocenters. The largest absolute Gasteiger partial charge is 0.416 e. The van der Waals surface area contributed by atoms with Gasteiger partial charge in [-0.05, 0) is 35.3 Å². The second kappa shape index (κ2) is 5.40. The molecule has 0 aromatic heterocycles. The monoisotopic (exact) mass is 312 g/mol. The summed E-state index contributed by atoms with van der Waals surface area (Å²) in [6, 6.07) is 2.65. The Labute approximate surface area is 125 Å². The summed E-state index contributed by atoms with van der Waals surface area (Å²) in [5.74, 6) is -0.442. The number of rotatable bonds is 2. The number of hydrazine groups is 1. The first-order chi connectivity index (χ1) is 10.4. The first-order valence-electron chi connectivity index (χ1n) is 6.92. The fraction of sp³-hybridized carbons (Fsp3) is 0.400. The van der Waals surface area contributed by atoms with E-state index in [0.717, 1.165) is 6.07 Å². The van der Waals surface area contributed by atoms with Crippen molar-refractivity contribution in [3.05, 3.63) is 40.5 Å². The molecule has 7 heteroatoms. The molecule has 1 aromatic carbocycles. The quantitative estimate of drug-likeness (QED) is 0.913. The van der Waals surface area contributed by atoms with E-state index in [4.69, 9.17) is 4.74 Å². The number of nitrogens with one attached hydrogen (secondary N) is 1. The lowest BCUT2D eigenvalue weighted by Crippen LogP contribution is -2.34. The van der Waals surface area contributed by atoms with E-state index in [0.29, 0.717) is 24.2 Å². The van der Waals surface area contributed by atoms with Crippen molar-refractivity contribution in [2.45, 2.75) is 19.1 Å². The van der Waals surface area contributed by atoms with Gasteiger partial charge in [-0.1, -0.05) is 6.08 Å². The molecule has 0 radical (unpaired) electrons. The predicted octanol–water partition coefficient (Wildman–Crippen LogP) is 2.60. The van der Waals surface area contributed by atoms with Gasteiger partial charge in [-0.15, -0.1) is 0 Å². The van der Waals surface area contributed by atoms with Crippen LogP contribution in [-0.2, 0) is 17.5 Å². The Hall–Kier alpha value is -1.86. The van der Waals surface area contributed by atoms with Crippen LogP contribution in [0.5, 0.6) is 0 Å². The van der Waals surface area contributed by atoms with E-state index < -0.39 is 17.6 Å². The van der Waals surface area contributed by atoms with E-state index in [2.05, 4.69) is 5.43 Å². The van der Waals surface area contributed by atoms with Crippen molar-refractivity contribution >= 4 is 11.5 Å². The highest BCUT2D eigenvalue weighted by molar-refractivity contribution is 5.99. The molecule has 2 aliphatic rings. The Morgan fingerprint density at radius 1 is 1.32 bits per heavy atom. The summed E-state index contributed by atoms with van der Waals surface area (Å²) in [4.78, 5) is 12.2. The number of hydrogen-bond acceptors (Lipinski definition) is 3. The van der Waals surface area contributed by atoms with Gasteiger partial charge in [-0.3, -0.25) is 9.80 Å². The molecular weight excluding hydrogens is 297 g/mol. The number of hydrogen-bond donors (Lipinski definition) is 1. The number of halogens is 3. The Bertz CT molecular complexity index is 653. The third kappa shape index (κ3) is 2.50. The van der Waals surface area contributed by atoms with E-state index in [1.165, 1.54) is 18.1 Å². The summed E-state index contributed by atoms with van der Waals surface area (Å²) in [7, 11) is 1.51. The lowest BCUT2D eigenvalue weighted by Gasteiger charge is -2.17. The lowest BCUT2D eigenvalue weighted by molar-refractivity contribution is -0.138. The molecule has 2 heterocycles. The molecule has 1 amide bonds. The number of carbonyl (C=O) groups is 1. The predicted molar refractivity (Wildman–Crippen MR) is 73.8 cm³/mol. The zero-order valence-corrected chi connectivity index (χ0v) is 12.0. The van der Waals surface area contributed by atoms with Crippen LogP contribution >= 0.6 is 0 Å². The average molecular weight is 312 g/mol. The van der Waals surface area contributed by atoms with E-state index in [1.54, 1.807) is 0 Å². The zero-order chi connectivity index (χ0) is 15.9. The summed E-state index contributed by atoms with van der Waals surface area (Å²) >= 11 is 0. The number of nitrogens with zero attached hydrogens (tertiary/aromatic N) is 1. The normalized spacial score (nSPS) is 18.5. The van der Waals surface area contributed by atoms with Crippen molar-refractivity contribution in [2.24, 2.45) is 0 Å². The van der Waals surface area contributed by atoms with E-state index in [9.17, 15) is 18.0 Å². The summed E-state index contributed by atoms with van der Waals surface area (Å²) in [6.45, 7) is 0.738. The second-order valence-corrected chi connectivity index (χ2v) is 5.23. The van der Waals surface area contributed by atoms with Gasteiger partial charge in [0.2, 0.25) is 0 Å². The molecule has 0 fully saturated rings. The molecule has 1 N–H and O–H groups in total. The maximum atomic E-state index is 13.3. The van der Waals surface area contributed by atoms with Gasteiger partial charge >= 0.3 is 6.18 Å². The fourth-order valence-corrected chi connectivity index (χ4v) is 2.79. The van der Waals surface area contributed by atoms with Crippen molar-refractivity contribution in [1.82, 2.24) is 10.4 Å². The van der Waals surface area contributed by atoms with Gasteiger partial charge in [-0.25, -0.2) is 5.43 Å². The van der Waals surface area contributed by atoms with Crippen LogP contribution in [0.3, 0.4) is 0 Å². The summed E-state index contributed by atoms with van der Waals surface area (Å²) < 4.78 is 45.3. The van der Waals surface area contributed by atoms with Gasteiger partial charge in [0, 0.05) is 12.6 Å². The van der Waals surface area contributed by atoms with Crippen molar-refractivity contribution < 1.29 is 22.7 Å². The SMILES string of the molecule is CNN1Cc2c(cc(C3=CCCOC3)cc2C(F)(F)F)C1=O. The minimum atomic E-state index is -4.50. The Morgan fingerprint density at radius 2 is 2.09 bits per heavy atom. The smallest absolute Gasteiger partial charge is 0.376 e. The minimum absolute atomic E-state index is 0.0212. The number of alkyl halides is 3. The molecule has 0 spiro atoms. The second-order valence-electron chi connectivity index (χ2n) is 5.23. The number of carbonyl (C=O) groups excluding carboxylic acids is 1. The average Bonchev–Trinajstić information content (AvgIpc) is 2.83. The number of fused-ring (bicyclic) bond motifs is 1. The van der Waals surface area contributed by atoms with Gasteiger partial charge in [-0.2, -0.15) is 13.2 Å². The molecule has 0 aliphatic carbocycles. The molecule has 4 nitrogen and oxygen atoms in total. The van der Waals surface area contributed by atoms with Crippen molar-refractivity contribution in [3.8, 4) is 0 Å². The van der Waals surface area contributed by atoms with Gasteiger partial charge in [0.15, 0.2) is 0 Å². The van der Waals surface area contributed by atoms with Gasteiger partial charge in [0.1, 0.15) is 0 Å². The third-order valence-corrected chi connectivity index (χ3v) is 3.90. The number of amides is 1. The highest BCUT2D eigenvalue weighted by atomic mass is 19.4. The van der Waals surface area contributed by atoms with Gasteiger partial charge < -0.3 is 4.74 Å². The van der Waals surface area contributed by atoms with Crippen LogP contribution in [-0.4, -0.2) is 31.2 Å². The fourth-order valence-electron chi connectivity index (χ4n) is 2.79. The highest BCUT2D eigenvalue weighted by Crippen LogP contribution is 2.39. The maximum Gasteiger partial charge on any atom is 0.416 e. The standard InChI is InChI=1S/C15H15F3N2O2/c1-19-20-7-12-11(14(20)21)5-10(6-13(12)15(16,17)18)9-3-2-4-22-8-9/h3,5-6,19H,2,4,7-8H2,1H3. The summed E-state index contributed by atoms with van der Waals surface area (Å²) in [6.07, 6.45) is -1.98. The molecule has 1 aromatic rings. The van der Waals surface area contributed by atoms with Crippen LogP contribution in [0.1, 0.15) is 33.5 Å². The highest BCUT2D eigenvalue weighted by Gasteiger charge is 2.40. The Morgan fingerprint density at radius 3 is 2.68 bits per heavy atom. The van der Waals surface area contributed by atoms with Crippen LogP contribution in [0.4, 0.5) is 13.2 Å². The Balaban J connectivity index is 2.14. The molecule has 22 heavy (non-hydrogen) atoms. The molecule has 2 aliphatic heterocycles. The van der Waals surface area contributed by atoms with Crippen molar-refractivity contribution in [1.29, 1.82) is 0 Å². The van der Waals surface area contributed by atoms with Crippen LogP contribution in [0, 0.1) is 0 Å². The van der Waals surface area contributed by atoms with Crippen molar-refractivity contribution in [2.75, 3.05) is 20.3 Å². The van der Waals surface area contributed by atoms with Crippen LogP contribution in [0.15, 0.2) is 18.2 Å². The lowest BCUT2D eigenvalue weighted by atomic mass is 9.94. The van der Waals surface area contributed by atoms with Gasteiger partial charge in [0.05, 0.1) is 25.3 Å². The van der Waals surface area contributed by atoms with Crippen LogP contribution in [0.2, 0.25) is 0 Å². The van der Waals surface area contributed by atoms with Gasteiger partial charge in [0.25, 0.3) is 5.91 Å². The minimum Gasteiger partial charge on any atom is -0.376 e. The topological polar surface area (TPSA) is 41.6 Å². The summed E-state index contributed by atoms with van der Waals surface area (Å²) in [5.41, 5.74) is 3.08. The van der Waals surface area contributed by atoms with Crippen LogP contribution in [0.25, 0.3) is 5.57 Å². The van der Waals surface area contributed by atoms with E-state index >= 15 is 0 Å². The number of ether oxygens (including phenoxy) is 1. The third-order valence-electron chi connectivity index (χ3n) is 3.90. The maximum absolute atomic E-state index is 13.3.